The van der Waals surface area contributed by atoms with Gasteiger partial charge in [-0.3, -0.25) is 4.79 Å². The van der Waals surface area contributed by atoms with Gasteiger partial charge < -0.3 is 5.32 Å². The molecule has 4 nitrogen and oxygen atoms in total. The number of carbonyl (C=O) groups excluding carboxylic acids is 1. The second-order valence-electron chi connectivity index (χ2n) is 6.01. The lowest BCUT2D eigenvalue weighted by Crippen LogP contribution is -2.24. The fourth-order valence-electron chi connectivity index (χ4n) is 2.55. The Hall–Kier alpha value is -2.27. The van der Waals surface area contributed by atoms with E-state index in [1.54, 1.807) is 18.0 Å². The molecule has 0 saturated carbocycles. The first-order valence-electron chi connectivity index (χ1n) is 8.04. The monoisotopic (exact) mass is 339 g/mol. The van der Waals surface area contributed by atoms with Gasteiger partial charge in [-0.05, 0) is 43.7 Å². The number of benzene rings is 2. The zero-order valence-corrected chi connectivity index (χ0v) is 14.9. The molecular weight excluding hydrogens is 318 g/mol. The molecule has 0 aliphatic rings. The molecule has 1 amide bonds. The number of nitrogens with zero attached hydrogens (tertiary/aromatic N) is 2. The highest BCUT2D eigenvalue weighted by Gasteiger charge is 2.17. The summed E-state index contributed by atoms with van der Waals surface area (Å²) < 4.78 is 1.81. The van der Waals surface area contributed by atoms with Crippen LogP contribution in [0.3, 0.4) is 0 Å². The number of hydrogen-bond acceptors (Lipinski definition) is 3. The predicted octanol–water partition coefficient (Wildman–Crippen LogP) is 4.74. The molecule has 1 atom stereocenters. The van der Waals surface area contributed by atoms with E-state index >= 15 is 0 Å². The Morgan fingerprint density at radius 3 is 2.58 bits per heavy atom. The summed E-state index contributed by atoms with van der Waals surface area (Å²) in [6.07, 6.45) is 1.71. The van der Waals surface area contributed by atoms with Crippen molar-refractivity contribution in [1.82, 2.24) is 9.78 Å². The van der Waals surface area contributed by atoms with Gasteiger partial charge in [0.25, 0.3) is 0 Å². The summed E-state index contributed by atoms with van der Waals surface area (Å²) in [4.78, 5) is 13.6. The van der Waals surface area contributed by atoms with Crippen LogP contribution in [0, 0.1) is 0 Å². The summed E-state index contributed by atoms with van der Waals surface area (Å²) >= 11 is 1.56. The zero-order chi connectivity index (χ0) is 17.1. The lowest BCUT2D eigenvalue weighted by Gasteiger charge is -2.15. The first kappa shape index (κ1) is 16.6. The van der Waals surface area contributed by atoms with Crippen LogP contribution in [0.5, 0.6) is 0 Å². The minimum absolute atomic E-state index is 0.0180. The Kier molecular flexibility index (Phi) is 4.90. The van der Waals surface area contributed by atoms with Gasteiger partial charge in [0.15, 0.2) is 0 Å². The second kappa shape index (κ2) is 7.09. The van der Waals surface area contributed by atoms with Crippen LogP contribution in [-0.2, 0) is 4.79 Å². The fraction of sp³-hybridized carbons (Fsp3) is 0.263. The Bertz CT molecular complexity index is 856. The standard InChI is InChI=1S/C19H21N3OS/c1-13(2)22-18(10-11-20-22)21-19(23)14(3)24-17-9-8-15-6-4-5-7-16(15)12-17/h4-14H,1-3H3,(H,21,23). The molecule has 124 valence electrons. The van der Waals surface area contributed by atoms with Crippen molar-refractivity contribution in [2.24, 2.45) is 0 Å². The van der Waals surface area contributed by atoms with Gasteiger partial charge in [-0.15, -0.1) is 11.8 Å². The molecular formula is C19H21N3OS. The van der Waals surface area contributed by atoms with Gasteiger partial charge in [0.05, 0.1) is 11.4 Å². The quantitative estimate of drug-likeness (QED) is 0.683. The van der Waals surface area contributed by atoms with Crippen molar-refractivity contribution in [2.45, 2.75) is 37.0 Å². The topological polar surface area (TPSA) is 46.9 Å². The van der Waals surface area contributed by atoms with Crippen LogP contribution in [0.15, 0.2) is 59.6 Å². The maximum absolute atomic E-state index is 12.5. The highest BCUT2D eigenvalue weighted by atomic mass is 32.2. The van der Waals surface area contributed by atoms with Gasteiger partial charge in [0.1, 0.15) is 5.82 Å². The van der Waals surface area contributed by atoms with Crippen molar-refractivity contribution < 1.29 is 4.79 Å². The predicted molar refractivity (Wildman–Crippen MR) is 101 cm³/mol. The van der Waals surface area contributed by atoms with Gasteiger partial charge in [0.2, 0.25) is 5.91 Å². The summed E-state index contributed by atoms with van der Waals surface area (Å²) in [6.45, 7) is 6.00. The summed E-state index contributed by atoms with van der Waals surface area (Å²) in [6, 6.07) is 16.6. The molecule has 0 bridgehead atoms. The molecule has 0 spiro atoms. The van der Waals surface area contributed by atoms with Gasteiger partial charge in [0, 0.05) is 17.0 Å². The minimum atomic E-state index is -0.193. The molecule has 3 aromatic rings. The van der Waals surface area contributed by atoms with E-state index in [1.165, 1.54) is 10.8 Å². The number of rotatable bonds is 5. The summed E-state index contributed by atoms with van der Waals surface area (Å²) in [5, 5.41) is 9.41. The van der Waals surface area contributed by atoms with E-state index in [9.17, 15) is 4.79 Å². The molecule has 24 heavy (non-hydrogen) atoms. The number of amides is 1. The molecule has 1 unspecified atom stereocenters. The Morgan fingerprint density at radius 2 is 1.83 bits per heavy atom. The number of carbonyl (C=O) groups is 1. The molecule has 1 N–H and O–H groups in total. The second-order valence-corrected chi connectivity index (χ2v) is 7.43. The molecule has 1 aromatic heterocycles. The Balaban J connectivity index is 1.70. The third-order valence-electron chi connectivity index (χ3n) is 3.81. The smallest absolute Gasteiger partial charge is 0.238 e. The van der Waals surface area contributed by atoms with Crippen molar-refractivity contribution in [3.8, 4) is 0 Å². The third-order valence-corrected chi connectivity index (χ3v) is 4.91. The zero-order valence-electron chi connectivity index (χ0n) is 14.1. The van der Waals surface area contributed by atoms with Crippen molar-refractivity contribution in [1.29, 1.82) is 0 Å². The van der Waals surface area contributed by atoms with Crippen molar-refractivity contribution >= 4 is 34.3 Å². The van der Waals surface area contributed by atoms with Crippen LogP contribution in [0.4, 0.5) is 5.82 Å². The SMILES string of the molecule is CC(Sc1ccc2ccccc2c1)C(=O)Nc1ccnn1C(C)C. The number of aromatic nitrogens is 2. The summed E-state index contributed by atoms with van der Waals surface area (Å²) in [5.74, 6) is 0.719. The highest BCUT2D eigenvalue weighted by molar-refractivity contribution is 8.00. The van der Waals surface area contributed by atoms with E-state index in [2.05, 4.69) is 40.7 Å². The van der Waals surface area contributed by atoms with Crippen LogP contribution in [0.1, 0.15) is 26.8 Å². The maximum atomic E-state index is 12.5. The fourth-order valence-corrected chi connectivity index (χ4v) is 3.47. The molecule has 0 fully saturated rings. The maximum Gasteiger partial charge on any atom is 0.238 e. The van der Waals surface area contributed by atoms with Crippen molar-refractivity contribution in [3.05, 3.63) is 54.7 Å². The lowest BCUT2D eigenvalue weighted by molar-refractivity contribution is -0.115. The van der Waals surface area contributed by atoms with E-state index < -0.39 is 0 Å². The number of anilines is 1. The van der Waals surface area contributed by atoms with Crippen molar-refractivity contribution in [3.63, 3.8) is 0 Å². The summed E-state index contributed by atoms with van der Waals surface area (Å²) in [5.41, 5.74) is 0. The lowest BCUT2D eigenvalue weighted by atomic mass is 10.1. The van der Waals surface area contributed by atoms with Crippen LogP contribution >= 0.6 is 11.8 Å². The van der Waals surface area contributed by atoms with Crippen molar-refractivity contribution in [2.75, 3.05) is 5.32 Å². The van der Waals surface area contributed by atoms with E-state index in [4.69, 9.17) is 0 Å². The minimum Gasteiger partial charge on any atom is -0.310 e. The molecule has 3 rings (SSSR count). The van der Waals surface area contributed by atoms with Gasteiger partial charge in [-0.25, -0.2) is 4.68 Å². The molecule has 0 saturated heterocycles. The molecule has 0 aliphatic carbocycles. The number of nitrogens with one attached hydrogen (secondary N) is 1. The van der Waals surface area contributed by atoms with Gasteiger partial charge >= 0.3 is 0 Å². The number of hydrogen-bond donors (Lipinski definition) is 1. The van der Waals surface area contributed by atoms with E-state index in [-0.39, 0.29) is 17.2 Å². The molecule has 1 heterocycles. The van der Waals surface area contributed by atoms with Gasteiger partial charge in [-0.1, -0.05) is 30.3 Å². The van der Waals surface area contributed by atoms with Crippen LogP contribution in [-0.4, -0.2) is 20.9 Å². The average molecular weight is 339 g/mol. The van der Waals surface area contributed by atoms with Crippen LogP contribution in [0.25, 0.3) is 10.8 Å². The molecule has 5 heteroatoms. The number of fused-ring (bicyclic) bond motifs is 1. The highest BCUT2D eigenvalue weighted by Crippen LogP contribution is 2.27. The first-order valence-corrected chi connectivity index (χ1v) is 8.92. The number of thioether (sulfide) groups is 1. The van der Waals surface area contributed by atoms with E-state index in [0.29, 0.717) is 0 Å². The molecule has 0 aliphatic heterocycles. The largest absolute Gasteiger partial charge is 0.310 e. The van der Waals surface area contributed by atoms with Gasteiger partial charge in [-0.2, -0.15) is 5.10 Å². The van der Waals surface area contributed by atoms with E-state index in [0.717, 1.165) is 10.7 Å². The van der Waals surface area contributed by atoms with E-state index in [1.807, 2.05) is 43.7 Å². The van der Waals surface area contributed by atoms with Crippen LogP contribution in [0.2, 0.25) is 0 Å². The summed E-state index contributed by atoms with van der Waals surface area (Å²) in [7, 11) is 0. The Labute approximate surface area is 146 Å². The molecule has 2 aromatic carbocycles. The normalized spacial score (nSPS) is 12.5. The third kappa shape index (κ3) is 3.62. The first-order chi connectivity index (χ1) is 11.5. The average Bonchev–Trinajstić information content (AvgIpc) is 3.03. The van der Waals surface area contributed by atoms with Crippen LogP contribution < -0.4 is 5.32 Å². The molecule has 0 radical (unpaired) electrons. The Morgan fingerprint density at radius 1 is 1.08 bits per heavy atom.